The monoisotopic (exact) mass is 273 g/mol. The number of carbonyl (C=O) groups is 1. The predicted octanol–water partition coefficient (Wildman–Crippen LogP) is 2.07. The lowest BCUT2D eigenvalue weighted by Gasteiger charge is -2.24. The van der Waals surface area contributed by atoms with Crippen LogP contribution in [0, 0.1) is 0 Å². The molecule has 0 N–H and O–H groups in total. The van der Waals surface area contributed by atoms with Gasteiger partial charge in [0.15, 0.2) is 0 Å². The standard InChI is InChI=1S/C10H11BrO2S/c1-10(2,9(12)13)14-8-5-3-7(11)4-6-8/h3-6H,1-2H3,(H,12,13)/p-1. The summed E-state index contributed by atoms with van der Waals surface area (Å²) in [6.45, 7) is 3.27. The van der Waals surface area contributed by atoms with Gasteiger partial charge in [-0.2, -0.15) is 0 Å². The maximum absolute atomic E-state index is 10.8. The van der Waals surface area contributed by atoms with E-state index in [9.17, 15) is 9.90 Å². The molecule has 0 spiro atoms. The van der Waals surface area contributed by atoms with Crippen molar-refractivity contribution in [3.05, 3.63) is 28.7 Å². The highest BCUT2D eigenvalue weighted by Gasteiger charge is 2.20. The average Bonchev–Trinajstić information content (AvgIpc) is 2.08. The Morgan fingerprint density at radius 2 is 1.86 bits per heavy atom. The van der Waals surface area contributed by atoms with Crippen molar-refractivity contribution >= 4 is 33.7 Å². The third-order valence-electron chi connectivity index (χ3n) is 1.68. The van der Waals surface area contributed by atoms with Gasteiger partial charge in [0.1, 0.15) is 0 Å². The summed E-state index contributed by atoms with van der Waals surface area (Å²) in [5.41, 5.74) is 0. The third kappa shape index (κ3) is 3.03. The number of carbonyl (C=O) groups excluding carboxylic acids is 1. The molecule has 4 heteroatoms. The van der Waals surface area contributed by atoms with Gasteiger partial charge in [-0.25, -0.2) is 0 Å². The molecule has 1 aromatic rings. The lowest BCUT2D eigenvalue weighted by molar-refractivity contribution is -0.308. The van der Waals surface area contributed by atoms with E-state index in [1.54, 1.807) is 13.8 Å². The van der Waals surface area contributed by atoms with Gasteiger partial charge in [-0.3, -0.25) is 0 Å². The van der Waals surface area contributed by atoms with E-state index in [4.69, 9.17) is 0 Å². The number of carboxylic acid groups (broad SMARTS) is 1. The van der Waals surface area contributed by atoms with E-state index in [1.165, 1.54) is 11.8 Å². The van der Waals surface area contributed by atoms with Gasteiger partial charge in [0.25, 0.3) is 0 Å². The number of benzene rings is 1. The van der Waals surface area contributed by atoms with E-state index in [2.05, 4.69) is 15.9 Å². The summed E-state index contributed by atoms with van der Waals surface area (Å²) in [5.74, 6) is -1.05. The molecule has 0 saturated carbocycles. The highest BCUT2D eigenvalue weighted by Crippen LogP contribution is 2.32. The Morgan fingerprint density at radius 1 is 1.36 bits per heavy atom. The van der Waals surface area contributed by atoms with Crippen LogP contribution in [0.15, 0.2) is 33.6 Å². The molecule has 0 unspecified atom stereocenters. The lowest BCUT2D eigenvalue weighted by atomic mass is 10.2. The van der Waals surface area contributed by atoms with E-state index in [0.717, 1.165) is 9.37 Å². The summed E-state index contributed by atoms with van der Waals surface area (Å²) < 4.78 is 0.0847. The van der Waals surface area contributed by atoms with Crippen molar-refractivity contribution in [1.82, 2.24) is 0 Å². The Labute approximate surface area is 95.8 Å². The molecule has 1 rings (SSSR count). The molecule has 0 atom stereocenters. The molecule has 1 aromatic carbocycles. The Balaban J connectivity index is 2.79. The molecule has 0 radical (unpaired) electrons. The summed E-state index contributed by atoms with van der Waals surface area (Å²) in [6.07, 6.45) is 0. The molecule has 0 aliphatic rings. The topological polar surface area (TPSA) is 40.1 Å². The number of hydrogen-bond donors (Lipinski definition) is 0. The normalized spacial score (nSPS) is 11.4. The van der Waals surface area contributed by atoms with E-state index in [0.29, 0.717) is 0 Å². The van der Waals surface area contributed by atoms with Gasteiger partial charge in [0.05, 0.1) is 10.7 Å². The summed E-state index contributed by atoms with van der Waals surface area (Å²) >= 11 is 4.60. The van der Waals surface area contributed by atoms with Crippen molar-refractivity contribution in [2.45, 2.75) is 23.5 Å². The van der Waals surface area contributed by atoms with E-state index < -0.39 is 10.7 Å². The average molecular weight is 274 g/mol. The second-order valence-corrected chi connectivity index (χ2v) is 5.97. The molecule has 76 valence electrons. The van der Waals surface area contributed by atoms with Crippen molar-refractivity contribution in [2.75, 3.05) is 0 Å². The molecule has 0 fully saturated rings. The van der Waals surface area contributed by atoms with Crippen LogP contribution in [-0.2, 0) is 4.79 Å². The number of halogens is 1. The first-order chi connectivity index (χ1) is 6.42. The molecule has 14 heavy (non-hydrogen) atoms. The van der Waals surface area contributed by atoms with Gasteiger partial charge in [-0.05, 0) is 38.1 Å². The lowest BCUT2D eigenvalue weighted by Crippen LogP contribution is -2.40. The van der Waals surface area contributed by atoms with Crippen LogP contribution < -0.4 is 5.11 Å². The van der Waals surface area contributed by atoms with E-state index in [1.807, 2.05) is 24.3 Å². The number of aliphatic carboxylic acids is 1. The van der Waals surface area contributed by atoms with Crippen LogP contribution in [0.1, 0.15) is 13.8 Å². The molecule has 0 amide bonds. The summed E-state index contributed by atoms with van der Waals surface area (Å²) in [7, 11) is 0. The number of rotatable bonds is 3. The second-order valence-electron chi connectivity index (χ2n) is 3.35. The zero-order valence-electron chi connectivity index (χ0n) is 7.91. The summed E-state index contributed by atoms with van der Waals surface area (Å²) in [5, 5.41) is 10.8. The highest BCUT2D eigenvalue weighted by molar-refractivity contribution is 9.10. The smallest absolute Gasteiger partial charge is 0.0573 e. The van der Waals surface area contributed by atoms with E-state index >= 15 is 0 Å². The summed E-state index contributed by atoms with van der Waals surface area (Å²) in [6, 6.07) is 7.51. The highest BCUT2D eigenvalue weighted by atomic mass is 79.9. The Hall–Kier alpha value is -0.480. The predicted molar refractivity (Wildman–Crippen MR) is 59.1 cm³/mol. The Morgan fingerprint density at radius 3 is 2.29 bits per heavy atom. The maximum atomic E-state index is 10.8. The first-order valence-corrected chi connectivity index (χ1v) is 5.69. The quantitative estimate of drug-likeness (QED) is 0.792. The van der Waals surface area contributed by atoms with Crippen molar-refractivity contribution < 1.29 is 9.90 Å². The zero-order valence-corrected chi connectivity index (χ0v) is 10.3. The molecule has 0 saturated heterocycles. The first-order valence-electron chi connectivity index (χ1n) is 4.08. The zero-order chi connectivity index (χ0) is 10.8. The SMILES string of the molecule is CC(C)(Sc1ccc(Br)cc1)C(=O)[O-]. The molecular weight excluding hydrogens is 264 g/mol. The maximum Gasteiger partial charge on any atom is 0.0573 e. The van der Waals surface area contributed by atoms with Crippen LogP contribution in [0.2, 0.25) is 0 Å². The van der Waals surface area contributed by atoms with Gasteiger partial charge in [-0.15, -0.1) is 11.8 Å². The fourth-order valence-electron chi connectivity index (χ4n) is 0.839. The van der Waals surface area contributed by atoms with Gasteiger partial charge < -0.3 is 9.90 Å². The van der Waals surface area contributed by atoms with Crippen molar-refractivity contribution in [3.63, 3.8) is 0 Å². The van der Waals surface area contributed by atoms with Crippen molar-refractivity contribution in [2.24, 2.45) is 0 Å². The van der Waals surface area contributed by atoms with Gasteiger partial charge in [-0.1, -0.05) is 15.9 Å². The minimum Gasteiger partial charge on any atom is -0.549 e. The largest absolute Gasteiger partial charge is 0.549 e. The van der Waals surface area contributed by atoms with Gasteiger partial charge in [0, 0.05) is 9.37 Å². The van der Waals surface area contributed by atoms with Crippen LogP contribution in [0.3, 0.4) is 0 Å². The fourth-order valence-corrected chi connectivity index (χ4v) is 2.05. The molecule has 0 aliphatic carbocycles. The molecule has 2 nitrogen and oxygen atoms in total. The van der Waals surface area contributed by atoms with Crippen molar-refractivity contribution in [3.8, 4) is 0 Å². The molecular formula is C10H10BrO2S-. The van der Waals surface area contributed by atoms with Crippen LogP contribution in [0.4, 0.5) is 0 Å². The Kier molecular flexibility index (Phi) is 3.61. The molecule has 0 bridgehead atoms. The first kappa shape index (κ1) is 11.6. The minimum atomic E-state index is -1.05. The molecule has 0 heterocycles. The van der Waals surface area contributed by atoms with Crippen LogP contribution in [-0.4, -0.2) is 10.7 Å². The number of carboxylic acids is 1. The van der Waals surface area contributed by atoms with Crippen LogP contribution in [0.5, 0.6) is 0 Å². The second kappa shape index (κ2) is 4.36. The fraction of sp³-hybridized carbons (Fsp3) is 0.300. The van der Waals surface area contributed by atoms with Gasteiger partial charge >= 0.3 is 0 Å². The molecule has 0 aromatic heterocycles. The van der Waals surface area contributed by atoms with Crippen molar-refractivity contribution in [1.29, 1.82) is 0 Å². The third-order valence-corrected chi connectivity index (χ3v) is 3.39. The van der Waals surface area contributed by atoms with Gasteiger partial charge in [0.2, 0.25) is 0 Å². The Bertz CT molecular complexity index is 332. The molecule has 0 aliphatic heterocycles. The minimum absolute atomic E-state index is 0.895. The summed E-state index contributed by atoms with van der Waals surface area (Å²) in [4.78, 5) is 11.7. The van der Waals surface area contributed by atoms with E-state index in [-0.39, 0.29) is 0 Å². The number of hydrogen-bond acceptors (Lipinski definition) is 3. The number of thioether (sulfide) groups is 1. The van der Waals surface area contributed by atoms with Crippen LogP contribution >= 0.6 is 27.7 Å². The van der Waals surface area contributed by atoms with Crippen LogP contribution in [0.25, 0.3) is 0 Å².